The Balaban J connectivity index is 1.75. The van der Waals surface area contributed by atoms with E-state index in [-0.39, 0.29) is 21.1 Å². The third-order valence-electron chi connectivity index (χ3n) is 6.92. The fraction of sp³-hybridized carbons (Fsp3) is 0.538. The van der Waals surface area contributed by atoms with E-state index in [9.17, 15) is 12.6 Å². The van der Waals surface area contributed by atoms with Crippen LogP contribution < -0.4 is 9.21 Å². The maximum absolute atomic E-state index is 13.9. The summed E-state index contributed by atoms with van der Waals surface area (Å²) in [5.41, 5.74) is 2.54. The first-order chi connectivity index (χ1) is 16.4. The van der Waals surface area contributed by atoms with Crippen molar-refractivity contribution in [2.75, 3.05) is 48.3 Å². The Hall–Kier alpha value is -2.10. The Morgan fingerprint density at radius 1 is 1.11 bits per heavy atom. The predicted octanol–water partition coefficient (Wildman–Crippen LogP) is 4.75. The second-order valence-corrected chi connectivity index (χ2v) is 14.4. The molecular weight excluding hydrogens is 482 g/mol. The van der Waals surface area contributed by atoms with Crippen LogP contribution >= 0.6 is 0 Å². The van der Waals surface area contributed by atoms with Crippen LogP contribution in [0.3, 0.4) is 0 Å². The Labute approximate surface area is 210 Å². The molecule has 1 unspecified atom stereocenters. The lowest BCUT2D eigenvalue weighted by atomic mass is 9.78. The third kappa shape index (κ3) is 5.37. The highest BCUT2D eigenvalue weighted by molar-refractivity contribution is 7.93. The zero-order valence-electron chi connectivity index (χ0n) is 21.1. The summed E-state index contributed by atoms with van der Waals surface area (Å²) in [6.07, 6.45) is 4.32. The summed E-state index contributed by atoms with van der Waals surface area (Å²) in [5, 5.41) is 0. The van der Waals surface area contributed by atoms with Gasteiger partial charge in [-0.2, -0.15) is 0 Å². The molecule has 9 heteroatoms. The molecule has 35 heavy (non-hydrogen) atoms. The minimum Gasteiger partial charge on any atom is -0.380 e. The van der Waals surface area contributed by atoms with Crippen LogP contribution in [-0.4, -0.2) is 51.7 Å². The summed E-state index contributed by atoms with van der Waals surface area (Å²) in [4.78, 5) is 2.50. The number of hydrogen-bond acceptors (Lipinski definition) is 6. The van der Waals surface area contributed by atoms with Gasteiger partial charge in [0.15, 0.2) is 0 Å². The minimum atomic E-state index is -3.93. The molecule has 0 bridgehead atoms. The van der Waals surface area contributed by atoms with Crippen LogP contribution in [0.1, 0.15) is 39.2 Å². The molecule has 2 aliphatic heterocycles. The van der Waals surface area contributed by atoms with Gasteiger partial charge in [-0.05, 0) is 61.1 Å². The number of sulfonamides is 1. The van der Waals surface area contributed by atoms with E-state index in [0.29, 0.717) is 31.1 Å². The lowest BCUT2D eigenvalue weighted by Crippen LogP contribution is -2.54. The van der Waals surface area contributed by atoms with Gasteiger partial charge in [0.2, 0.25) is 0 Å². The largest absolute Gasteiger partial charge is 0.380 e. The van der Waals surface area contributed by atoms with Gasteiger partial charge in [0.05, 0.1) is 44.1 Å². The van der Waals surface area contributed by atoms with Crippen molar-refractivity contribution in [2.45, 2.75) is 49.8 Å². The molecule has 1 atom stereocenters. The highest BCUT2D eigenvalue weighted by Gasteiger charge is 2.42. The molecule has 2 aliphatic rings. The number of piperidine rings is 1. The molecule has 1 spiro atoms. The molecule has 2 aromatic rings. The van der Waals surface area contributed by atoms with E-state index in [1.54, 1.807) is 12.1 Å². The van der Waals surface area contributed by atoms with Gasteiger partial charge in [-0.1, -0.05) is 32.9 Å². The molecule has 0 aromatic heterocycles. The molecule has 0 amide bonds. The van der Waals surface area contributed by atoms with Gasteiger partial charge in [0.1, 0.15) is 0 Å². The van der Waals surface area contributed by atoms with Gasteiger partial charge in [-0.3, -0.25) is 4.31 Å². The average Bonchev–Trinajstić information content (AvgIpc) is 2.80. The number of ether oxygens (including phenoxy) is 1. The van der Waals surface area contributed by atoms with Crippen LogP contribution in [0.2, 0.25) is 0 Å². The molecule has 2 saturated heterocycles. The number of benzene rings is 2. The first kappa shape index (κ1) is 26.0. The van der Waals surface area contributed by atoms with E-state index in [1.807, 2.05) is 38.1 Å². The summed E-state index contributed by atoms with van der Waals surface area (Å²) >= 11 is 0. The normalized spacial score (nSPS) is 19.4. The SMILES string of the molecule is CCc1ccc(N(CC(C)C)S(=O)(=O)c2ccc(N3CCCC4(COC4)C3)c(S(C)(=N)=O)c2)cc1. The Bertz CT molecular complexity index is 1270. The molecule has 0 radical (unpaired) electrons. The zero-order valence-corrected chi connectivity index (χ0v) is 22.8. The zero-order chi connectivity index (χ0) is 25.4. The topological polar surface area (TPSA) is 90.8 Å². The van der Waals surface area contributed by atoms with Gasteiger partial charge < -0.3 is 9.64 Å². The standard InChI is InChI=1S/C26H37N3O4S2/c1-5-21-7-9-22(10-8-21)29(16-20(2)3)35(31,32)23-11-12-24(25(15-23)34(4,27)30)28-14-6-13-26(17-28)18-33-19-26/h7-12,15,20,27H,5-6,13-14,16-19H2,1-4H3. The fourth-order valence-corrected chi connectivity index (χ4v) is 7.64. The van der Waals surface area contributed by atoms with Crippen molar-refractivity contribution >= 4 is 31.1 Å². The summed E-state index contributed by atoms with van der Waals surface area (Å²) in [6.45, 7) is 9.34. The van der Waals surface area contributed by atoms with E-state index in [1.165, 1.54) is 16.6 Å². The van der Waals surface area contributed by atoms with Crippen molar-refractivity contribution in [1.29, 1.82) is 4.78 Å². The van der Waals surface area contributed by atoms with E-state index >= 15 is 0 Å². The van der Waals surface area contributed by atoms with Crippen LogP contribution in [0.4, 0.5) is 11.4 Å². The van der Waals surface area contributed by atoms with E-state index in [2.05, 4.69) is 11.8 Å². The molecule has 192 valence electrons. The van der Waals surface area contributed by atoms with Crippen molar-refractivity contribution in [1.82, 2.24) is 0 Å². The van der Waals surface area contributed by atoms with Gasteiger partial charge in [-0.25, -0.2) is 17.4 Å². The second-order valence-electron chi connectivity index (χ2n) is 10.4. The van der Waals surface area contributed by atoms with Crippen LogP contribution in [-0.2, 0) is 30.9 Å². The Morgan fingerprint density at radius 3 is 2.34 bits per heavy atom. The summed E-state index contributed by atoms with van der Waals surface area (Å²) < 4.78 is 56.1. The van der Waals surface area contributed by atoms with Gasteiger partial charge >= 0.3 is 0 Å². The summed E-state index contributed by atoms with van der Waals surface area (Å²) in [7, 11) is -7.10. The number of hydrogen-bond donors (Lipinski definition) is 1. The van der Waals surface area contributed by atoms with Crippen molar-refractivity contribution < 1.29 is 17.4 Å². The summed E-state index contributed by atoms with van der Waals surface area (Å²) in [6, 6.07) is 12.4. The molecule has 0 saturated carbocycles. The molecule has 7 nitrogen and oxygen atoms in total. The summed E-state index contributed by atoms with van der Waals surface area (Å²) in [5.74, 6) is 0.107. The number of aryl methyl sites for hydroxylation is 1. The monoisotopic (exact) mass is 519 g/mol. The van der Waals surface area contributed by atoms with Crippen molar-refractivity contribution in [3.05, 3.63) is 48.0 Å². The lowest BCUT2D eigenvalue weighted by Gasteiger charge is -2.49. The molecular formula is C26H37N3O4S2. The molecule has 2 aromatic carbocycles. The lowest BCUT2D eigenvalue weighted by molar-refractivity contribution is -0.117. The molecule has 0 aliphatic carbocycles. The Morgan fingerprint density at radius 2 is 1.80 bits per heavy atom. The number of anilines is 2. The highest BCUT2D eigenvalue weighted by Crippen LogP contribution is 2.40. The minimum absolute atomic E-state index is 0.0667. The van der Waals surface area contributed by atoms with E-state index in [0.717, 1.165) is 37.9 Å². The predicted molar refractivity (Wildman–Crippen MR) is 141 cm³/mol. The van der Waals surface area contributed by atoms with E-state index in [4.69, 9.17) is 9.52 Å². The maximum Gasteiger partial charge on any atom is 0.264 e. The van der Waals surface area contributed by atoms with Crippen LogP contribution in [0.5, 0.6) is 0 Å². The van der Waals surface area contributed by atoms with Crippen LogP contribution in [0.25, 0.3) is 0 Å². The molecule has 4 rings (SSSR count). The number of nitrogens with one attached hydrogen (secondary N) is 1. The first-order valence-corrected chi connectivity index (χ1v) is 15.7. The van der Waals surface area contributed by atoms with E-state index < -0.39 is 19.8 Å². The molecule has 2 fully saturated rings. The third-order valence-corrected chi connectivity index (χ3v) is 9.88. The fourth-order valence-electron chi connectivity index (χ4n) is 4.97. The Kier molecular flexibility index (Phi) is 7.23. The second kappa shape index (κ2) is 9.75. The first-order valence-electron chi connectivity index (χ1n) is 12.3. The number of rotatable bonds is 8. The van der Waals surface area contributed by atoms with Gasteiger partial charge in [0, 0.05) is 31.3 Å². The van der Waals surface area contributed by atoms with Gasteiger partial charge in [-0.15, -0.1) is 0 Å². The maximum atomic E-state index is 13.9. The molecule has 2 heterocycles. The van der Waals surface area contributed by atoms with Crippen molar-refractivity contribution in [3.8, 4) is 0 Å². The van der Waals surface area contributed by atoms with Crippen molar-refractivity contribution in [3.63, 3.8) is 0 Å². The van der Waals surface area contributed by atoms with Crippen LogP contribution in [0.15, 0.2) is 52.3 Å². The van der Waals surface area contributed by atoms with Gasteiger partial charge in [0.25, 0.3) is 10.0 Å². The smallest absolute Gasteiger partial charge is 0.264 e. The van der Waals surface area contributed by atoms with Crippen LogP contribution in [0, 0.1) is 16.1 Å². The highest BCUT2D eigenvalue weighted by atomic mass is 32.2. The number of nitrogens with zero attached hydrogens (tertiary/aromatic N) is 2. The van der Waals surface area contributed by atoms with Crippen molar-refractivity contribution in [2.24, 2.45) is 11.3 Å². The average molecular weight is 520 g/mol. The quantitative estimate of drug-likeness (QED) is 0.543. The molecule has 1 N–H and O–H groups in total.